The number of rotatable bonds is 3. The number of anilines is 4. The fourth-order valence-corrected chi connectivity index (χ4v) is 1.86. The van der Waals surface area contributed by atoms with Crippen LogP contribution in [0.3, 0.4) is 0 Å². The second-order valence-electron chi connectivity index (χ2n) is 4.31. The number of aryl methyl sites for hydroxylation is 1. The summed E-state index contributed by atoms with van der Waals surface area (Å²) in [5.41, 5.74) is 11.0. The molecule has 0 radical (unpaired) electrons. The summed E-state index contributed by atoms with van der Waals surface area (Å²) in [6, 6.07) is 7.34. The molecule has 2 heterocycles. The lowest BCUT2D eigenvalue weighted by atomic mass is 10.3. The van der Waals surface area contributed by atoms with E-state index >= 15 is 0 Å². The maximum atomic E-state index is 5.66. The topological polar surface area (TPSA) is 120 Å². The monoisotopic (exact) mass is 270 g/mol. The molecule has 3 aromatic rings. The largest absolute Gasteiger partial charge is 0.399 e. The van der Waals surface area contributed by atoms with Crippen LogP contribution in [0.2, 0.25) is 0 Å². The predicted octanol–water partition coefficient (Wildman–Crippen LogP) is 0.975. The number of nitrogens with one attached hydrogen (secondary N) is 2. The van der Waals surface area contributed by atoms with Crippen LogP contribution in [0.25, 0.3) is 11.2 Å². The standard InChI is InChI=1S/C12H14N8/c1-20-6-15-9-10(17-12(19-14)18-11(9)20)16-8-4-2-7(13)3-5-8/h2-6H,13-14H2,1H3,(H2,16,17,18,19). The van der Waals surface area contributed by atoms with Crippen LogP contribution in [-0.4, -0.2) is 19.5 Å². The Hall–Kier alpha value is -2.87. The van der Waals surface area contributed by atoms with Crippen LogP contribution < -0.4 is 22.3 Å². The van der Waals surface area contributed by atoms with Crippen molar-refractivity contribution in [2.24, 2.45) is 12.9 Å². The first-order valence-corrected chi connectivity index (χ1v) is 5.95. The summed E-state index contributed by atoms with van der Waals surface area (Å²) in [5.74, 6) is 6.29. The van der Waals surface area contributed by atoms with Gasteiger partial charge in [0.25, 0.3) is 0 Å². The van der Waals surface area contributed by atoms with E-state index < -0.39 is 0 Å². The Kier molecular flexibility index (Phi) is 2.84. The van der Waals surface area contributed by atoms with Crippen molar-refractivity contribution < 1.29 is 0 Å². The minimum Gasteiger partial charge on any atom is -0.399 e. The van der Waals surface area contributed by atoms with Gasteiger partial charge in [-0.1, -0.05) is 0 Å². The van der Waals surface area contributed by atoms with Crippen LogP contribution in [0.5, 0.6) is 0 Å². The number of benzene rings is 1. The van der Waals surface area contributed by atoms with Gasteiger partial charge in [0.1, 0.15) is 0 Å². The van der Waals surface area contributed by atoms with E-state index in [4.69, 9.17) is 11.6 Å². The Labute approximate surface area is 114 Å². The van der Waals surface area contributed by atoms with Gasteiger partial charge in [0.05, 0.1) is 6.33 Å². The molecule has 0 aliphatic carbocycles. The van der Waals surface area contributed by atoms with E-state index in [9.17, 15) is 0 Å². The third kappa shape index (κ3) is 2.08. The molecule has 0 fully saturated rings. The van der Waals surface area contributed by atoms with E-state index in [1.54, 1.807) is 23.0 Å². The van der Waals surface area contributed by atoms with E-state index in [1.165, 1.54) is 0 Å². The molecule has 3 rings (SSSR count). The summed E-state index contributed by atoms with van der Waals surface area (Å²) in [4.78, 5) is 12.8. The highest BCUT2D eigenvalue weighted by Crippen LogP contribution is 2.23. The first-order valence-electron chi connectivity index (χ1n) is 5.95. The third-order valence-corrected chi connectivity index (χ3v) is 2.86. The molecule has 0 saturated heterocycles. The maximum Gasteiger partial charge on any atom is 0.241 e. The lowest BCUT2D eigenvalue weighted by molar-refractivity contribution is 0.928. The number of hydrogen-bond acceptors (Lipinski definition) is 7. The van der Waals surface area contributed by atoms with Gasteiger partial charge in [0.15, 0.2) is 17.0 Å². The number of aromatic nitrogens is 4. The number of hydrazine groups is 1. The van der Waals surface area contributed by atoms with Crippen molar-refractivity contribution in [3.05, 3.63) is 30.6 Å². The maximum absolute atomic E-state index is 5.66. The van der Waals surface area contributed by atoms with E-state index in [0.717, 1.165) is 5.69 Å². The molecule has 0 atom stereocenters. The zero-order valence-corrected chi connectivity index (χ0v) is 10.8. The van der Waals surface area contributed by atoms with E-state index in [-0.39, 0.29) is 0 Å². The minimum atomic E-state index is 0.319. The van der Waals surface area contributed by atoms with Gasteiger partial charge in [-0.15, -0.1) is 0 Å². The van der Waals surface area contributed by atoms with Crippen LogP contribution in [0.1, 0.15) is 0 Å². The van der Waals surface area contributed by atoms with Gasteiger partial charge in [-0.3, -0.25) is 5.43 Å². The molecule has 6 N–H and O–H groups in total. The molecule has 0 bridgehead atoms. The molecule has 2 aromatic heterocycles. The molecule has 102 valence electrons. The van der Waals surface area contributed by atoms with Gasteiger partial charge in [0.2, 0.25) is 5.95 Å². The fourth-order valence-electron chi connectivity index (χ4n) is 1.86. The minimum absolute atomic E-state index is 0.319. The predicted molar refractivity (Wildman–Crippen MR) is 78.3 cm³/mol. The number of hydrogen-bond donors (Lipinski definition) is 4. The van der Waals surface area contributed by atoms with Gasteiger partial charge < -0.3 is 15.6 Å². The summed E-state index contributed by atoms with van der Waals surface area (Å²) in [5, 5.41) is 3.18. The zero-order chi connectivity index (χ0) is 14.1. The average molecular weight is 270 g/mol. The summed E-state index contributed by atoms with van der Waals surface area (Å²) in [6.45, 7) is 0. The van der Waals surface area contributed by atoms with E-state index in [1.807, 2.05) is 19.2 Å². The highest BCUT2D eigenvalue weighted by molar-refractivity contribution is 5.86. The third-order valence-electron chi connectivity index (χ3n) is 2.86. The summed E-state index contributed by atoms with van der Waals surface area (Å²) in [7, 11) is 1.86. The molecular formula is C12H14N8. The van der Waals surface area contributed by atoms with Crippen LogP contribution in [-0.2, 0) is 7.05 Å². The Morgan fingerprint density at radius 2 is 1.90 bits per heavy atom. The van der Waals surface area contributed by atoms with Gasteiger partial charge in [0, 0.05) is 18.4 Å². The highest BCUT2D eigenvalue weighted by atomic mass is 15.3. The van der Waals surface area contributed by atoms with Crippen LogP contribution in [0.15, 0.2) is 30.6 Å². The van der Waals surface area contributed by atoms with Crippen molar-refractivity contribution in [1.82, 2.24) is 19.5 Å². The molecule has 20 heavy (non-hydrogen) atoms. The first kappa shape index (κ1) is 12.2. The summed E-state index contributed by atoms with van der Waals surface area (Å²) >= 11 is 0. The Morgan fingerprint density at radius 1 is 1.15 bits per heavy atom. The smallest absolute Gasteiger partial charge is 0.241 e. The summed E-state index contributed by atoms with van der Waals surface area (Å²) in [6.07, 6.45) is 1.67. The SMILES string of the molecule is Cn1cnc2c(Nc3ccc(N)cc3)nc(NN)nc21. The number of nitrogens with two attached hydrogens (primary N) is 2. The lowest BCUT2D eigenvalue weighted by Crippen LogP contribution is -2.12. The van der Waals surface area contributed by atoms with Gasteiger partial charge in [-0.05, 0) is 24.3 Å². The van der Waals surface area contributed by atoms with Crippen molar-refractivity contribution in [3.8, 4) is 0 Å². The summed E-state index contributed by atoms with van der Waals surface area (Å²) < 4.78 is 1.80. The van der Waals surface area contributed by atoms with Gasteiger partial charge >= 0.3 is 0 Å². The van der Waals surface area contributed by atoms with Gasteiger partial charge in [-0.2, -0.15) is 9.97 Å². The van der Waals surface area contributed by atoms with Crippen molar-refractivity contribution in [2.75, 3.05) is 16.5 Å². The highest BCUT2D eigenvalue weighted by Gasteiger charge is 2.11. The first-order chi connectivity index (χ1) is 9.67. The molecule has 0 amide bonds. The molecule has 0 saturated carbocycles. The molecule has 0 aliphatic heterocycles. The quantitative estimate of drug-likeness (QED) is 0.318. The zero-order valence-electron chi connectivity index (χ0n) is 10.8. The normalized spacial score (nSPS) is 10.7. The van der Waals surface area contributed by atoms with Gasteiger partial charge in [-0.25, -0.2) is 10.8 Å². The molecule has 0 aliphatic rings. The number of imidazole rings is 1. The van der Waals surface area contributed by atoms with Crippen LogP contribution >= 0.6 is 0 Å². The Bertz CT molecular complexity index is 746. The average Bonchev–Trinajstić information content (AvgIpc) is 2.83. The molecule has 1 aromatic carbocycles. The Morgan fingerprint density at radius 3 is 2.60 bits per heavy atom. The van der Waals surface area contributed by atoms with E-state index in [0.29, 0.717) is 28.6 Å². The van der Waals surface area contributed by atoms with Crippen molar-refractivity contribution in [2.45, 2.75) is 0 Å². The van der Waals surface area contributed by atoms with Crippen LogP contribution in [0, 0.1) is 0 Å². The number of fused-ring (bicyclic) bond motifs is 1. The van der Waals surface area contributed by atoms with Crippen molar-refractivity contribution in [3.63, 3.8) is 0 Å². The number of nitrogens with zero attached hydrogens (tertiary/aromatic N) is 4. The molecule has 8 heteroatoms. The van der Waals surface area contributed by atoms with Crippen molar-refractivity contribution in [1.29, 1.82) is 0 Å². The Balaban J connectivity index is 2.07. The molecule has 8 nitrogen and oxygen atoms in total. The molecular weight excluding hydrogens is 256 g/mol. The fraction of sp³-hybridized carbons (Fsp3) is 0.0833. The second-order valence-corrected chi connectivity index (χ2v) is 4.31. The lowest BCUT2D eigenvalue weighted by Gasteiger charge is -2.08. The molecule has 0 unspecified atom stereocenters. The van der Waals surface area contributed by atoms with Crippen molar-refractivity contribution >= 4 is 34.3 Å². The van der Waals surface area contributed by atoms with Crippen LogP contribution in [0.4, 0.5) is 23.1 Å². The molecule has 0 spiro atoms. The second kappa shape index (κ2) is 4.67. The number of nitrogen functional groups attached to an aromatic ring is 2. The van der Waals surface area contributed by atoms with E-state index in [2.05, 4.69) is 25.7 Å².